The lowest BCUT2D eigenvalue weighted by atomic mass is 10.0. The lowest BCUT2D eigenvalue weighted by Crippen LogP contribution is -2.10. The summed E-state index contributed by atoms with van der Waals surface area (Å²) < 4.78 is 13.3. The van der Waals surface area contributed by atoms with E-state index in [1.54, 1.807) is 0 Å². The summed E-state index contributed by atoms with van der Waals surface area (Å²) >= 11 is 0. The van der Waals surface area contributed by atoms with Crippen LogP contribution in [0.1, 0.15) is 16.8 Å². The number of aryl methyl sites for hydroxylation is 2. The zero-order chi connectivity index (χ0) is 11.9. The quantitative estimate of drug-likeness (QED) is 0.572. The second-order valence-corrected chi connectivity index (χ2v) is 3.96. The van der Waals surface area contributed by atoms with Crippen molar-refractivity contribution >= 4 is 16.6 Å². The number of halogens is 1. The van der Waals surface area contributed by atoms with Gasteiger partial charge in [0.25, 0.3) is 0 Å². The number of benzene rings is 1. The number of hydrogen-bond acceptors (Lipinski definition) is 3. The molecule has 0 aliphatic carbocycles. The van der Waals surface area contributed by atoms with Crippen LogP contribution in [0.5, 0.6) is 0 Å². The molecule has 0 aliphatic heterocycles. The Morgan fingerprint density at radius 3 is 2.56 bits per heavy atom. The van der Waals surface area contributed by atoms with E-state index >= 15 is 0 Å². The summed E-state index contributed by atoms with van der Waals surface area (Å²) in [4.78, 5) is 4.46. The molecular weight excluding hydrogens is 205 g/mol. The molecule has 0 saturated heterocycles. The molecule has 16 heavy (non-hydrogen) atoms. The number of nitrogens with two attached hydrogens (primary N) is 1. The van der Waals surface area contributed by atoms with Gasteiger partial charge in [0.2, 0.25) is 0 Å². The van der Waals surface area contributed by atoms with Gasteiger partial charge in [0.1, 0.15) is 5.82 Å². The summed E-state index contributed by atoms with van der Waals surface area (Å²) in [6.45, 7) is 5.67. The van der Waals surface area contributed by atoms with Crippen molar-refractivity contribution in [3.63, 3.8) is 0 Å². The van der Waals surface area contributed by atoms with Crippen LogP contribution in [0.25, 0.3) is 10.9 Å². The minimum absolute atomic E-state index is 0.272. The van der Waals surface area contributed by atoms with Gasteiger partial charge in [-0.3, -0.25) is 10.8 Å². The van der Waals surface area contributed by atoms with E-state index in [-0.39, 0.29) is 5.82 Å². The number of hydrazine groups is 1. The van der Waals surface area contributed by atoms with Gasteiger partial charge < -0.3 is 5.43 Å². The number of aromatic nitrogens is 1. The molecule has 0 spiro atoms. The molecule has 1 aromatic carbocycles. The van der Waals surface area contributed by atoms with E-state index in [9.17, 15) is 4.39 Å². The minimum Gasteiger partial charge on any atom is -0.323 e. The van der Waals surface area contributed by atoms with Crippen molar-refractivity contribution < 1.29 is 4.39 Å². The summed E-state index contributed by atoms with van der Waals surface area (Å²) in [5.74, 6) is 5.21. The summed E-state index contributed by atoms with van der Waals surface area (Å²) in [5.41, 5.74) is 6.81. The smallest absolute Gasteiger partial charge is 0.124 e. The van der Waals surface area contributed by atoms with E-state index in [1.165, 1.54) is 12.1 Å². The molecular formula is C12H14FN3. The second kappa shape index (κ2) is 3.72. The first-order valence-corrected chi connectivity index (χ1v) is 5.08. The van der Waals surface area contributed by atoms with Crippen LogP contribution in [0, 0.1) is 26.6 Å². The number of pyridine rings is 1. The Morgan fingerprint density at radius 2 is 1.94 bits per heavy atom. The molecule has 84 valence electrons. The maximum atomic E-state index is 13.3. The Morgan fingerprint density at radius 1 is 1.25 bits per heavy atom. The Kier molecular flexibility index (Phi) is 2.52. The highest BCUT2D eigenvalue weighted by Gasteiger charge is 2.11. The van der Waals surface area contributed by atoms with E-state index in [0.717, 1.165) is 33.4 Å². The zero-order valence-electron chi connectivity index (χ0n) is 9.56. The first-order valence-electron chi connectivity index (χ1n) is 5.08. The zero-order valence-corrected chi connectivity index (χ0v) is 9.56. The number of anilines is 1. The first-order chi connectivity index (χ1) is 7.54. The Balaban J connectivity index is 2.96. The molecule has 1 aromatic heterocycles. The molecule has 0 atom stereocenters. The molecule has 0 fully saturated rings. The van der Waals surface area contributed by atoms with Crippen molar-refractivity contribution in [3.05, 3.63) is 34.8 Å². The molecule has 4 heteroatoms. The predicted molar refractivity (Wildman–Crippen MR) is 63.7 cm³/mol. The van der Waals surface area contributed by atoms with Crippen LogP contribution in [0.2, 0.25) is 0 Å². The SMILES string of the molecule is Cc1nc2c(C)cc(F)cc2c(NN)c1C. The van der Waals surface area contributed by atoms with Gasteiger partial charge >= 0.3 is 0 Å². The normalized spacial score (nSPS) is 10.8. The number of nitrogens with zero attached hydrogens (tertiary/aromatic N) is 1. The molecule has 0 saturated carbocycles. The van der Waals surface area contributed by atoms with E-state index < -0.39 is 0 Å². The van der Waals surface area contributed by atoms with Gasteiger partial charge in [-0.15, -0.1) is 0 Å². The summed E-state index contributed by atoms with van der Waals surface area (Å²) in [7, 11) is 0. The molecule has 0 unspecified atom stereocenters. The Hall–Kier alpha value is -1.68. The third-order valence-corrected chi connectivity index (χ3v) is 2.88. The monoisotopic (exact) mass is 219 g/mol. The molecule has 2 rings (SSSR count). The number of nitrogens with one attached hydrogen (secondary N) is 1. The van der Waals surface area contributed by atoms with E-state index in [0.29, 0.717) is 0 Å². The Labute approximate surface area is 93.5 Å². The van der Waals surface area contributed by atoms with Crippen LogP contribution >= 0.6 is 0 Å². The maximum absolute atomic E-state index is 13.3. The summed E-state index contributed by atoms with van der Waals surface area (Å²) in [5, 5.41) is 0.725. The van der Waals surface area contributed by atoms with Crippen LogP contribution < -0.4 is 11.3 Å². The standard InChI is InChI=1S/C12H14FN3/c1-6-4-9(13)5-10-11(6)15-8(3)7(2)12(10)16-14/h4-5H,14H2,1-3H3,(H,15,16). The molecule has 3 nitrogen and oxygen atoms in total. The average molecular weight is 219 g/mol. The van der Waals surface area contributed by atoms with Crippen molar-refractivity contribution in [1.29, 1.82) is 0 Å². The molecule has 3 N–H and O–H groups in total. The highest BCUT2D eigenvalue weighted by atomic mass is 19.1. The number of hydrogen-bond donors (Lipinski definition) is 2. The number of fused-ring (bicyclic) bond motifs is 1. The van der Waals surface area contributed by atoms with Crippen molar-refractivity contribution in [2.24, 2.45) is 5.84 Å². The number of rotatable bonds is 1. The Bertz CT molecular complexity index is 564. The van der Waals surface area contributed by atoms with Gasteiger partial charge in [0.05, 0.1) is 11.2 Å². The van der Waals surface area contributed by atoms with Gasteiger partial charge in [0, 0.05) is 11.1 Å². The first kappa shape index (κ1) is 10.8. The fourth-order valence-corrected chi connectivity index (χ4v) is 1.89. The minimum atomic E-state index is -0.272. The van der Waals surface area contributed by atoms with E-state index in [2.05, 4.69) is 10.4 Å². The van der Waals surface area contributed by atoms with Crippen LogP contribution in [-0.4, -0.2) is 4.98 Å². The highest BCUT2D eigenvalue weighted by Crippen LogP contribution is 2.29. The fraction of sp³-hybridized carbons (Fsp3) is 0.250. The lowest BCUT2D eigenvalue weighted by Gasteiger charge is -2.13. The molecule has 0 amide bonds. The molecule has 2 aromatic rings. The molecule has 1 heterocycles. The largest absolute Gasteiger partial charge is 0.323 e. The van der Waals surface area contributed by atoms with Gasteiger partial charge in [-0.2, -0.15) is 0 Å². The van der Waals surface area contributed by atoms with Crippen LogP contribution in [0.4, 0.5) is 10.1 Å². The van der Waals surface area contributed by atoms with Crippen LogP contribution in [-0.2, 0) is 0 Å². The predicted octanol–water partition coefficient (Wildman–Crippen LogP) is 2.58. The van der Waals surface area contributed by atoms with E-state index in [1.807, 2.05) is 20.8 Å². The molecule has 0 aliphatic rings. The fourth-order valence-electron chi connectivity index (χ4n) is 1.89. The van der Waals surface area contributed by atoms with E-state index in [4.69, 9.17) is 5.84 Å². The maximum Gasteiger partial charge on any atom is 0.124 e. The van der Waals surface area contributed by atoms with Crippen LogP contribution in [0.3, 0.4) is 0 Å². The average Bonchev–Trinajstić information content (AvgIpc) is 2.22. The van der Waals surface area contributed by atoms with Gasteiger partial charge in [-0.25, -0.2) is 4.39 Å². The van der Waals surface area contributed by atoms with Crippen LogP contribution in [0.15, 0.2) is 12.1 Å². The van der Waals surface area contributed by atoms with Gasteiger partial charge in [0.15, 0.2) is 0 Å². The van der Waals surface area contributed by atoms with Gasteiger partial charge in [-0.05, 0) is 44.0 Å². The second-order valence-electron chi connectivity index (χ2n) is 3.96. The van der Waals surface area contributed by atoms with Gasteiger partial charge in [-0.1, -0.05) is 0 Å². The highest BCUT2D eigenvalue weighted by molar-refractivity contribution is 5.94. The summed E-state index contributed by atoms with van der Waals surface area (Å²) in [6.07, 6.45) is 0. The van der Waals surface area contributed by atoms with Crippen molar-refractivity contribution in [2.75, 3.05) is 5.43 Å². The molecule has 0 bridgehead atoms. The number of nitrogen functional groups attached to an aromatic ring is 1. The third-order valence-electron chi connectivity index (χ3n) is 2.88. The lowest BCUT2D eigenvalue weighted by molar-refractivity contribution is 0.628. The van der Waals surface area contributed by atoms with Crippen molar-refractivity contribution in [2.45, 2.75) is 20.8 Å². The van der Waals surface area contributed by atoms with Crippen molar-refractivity contribution in [3.8, 4) is 0 Å². The van der Waals surface area contributed by atoms with Crippen molar-refractivity contribution in [1.82, 2.24) is 4.98 Å². The topological polar surface area (TPSA) is 50.9 Å². The molecule has 0 radical (unpaired) electrons. The third kappa shape index (κ3) is 1.51. The summed E-state index contributed by atoms with van der Waals surface area (Å²) in [6, 6.07) is 2.93.